The maximum absolute atomic E-state index is 14.2. The standard InChI is InChI=1S/C19H24FN3O2/c1-18(2,3)17-7-15(22-23-17)14-6-16(13(8-21-14)12-4-5-12)25-11-19(20)9-24-10-19/h6-8,12H,4-5,9-11H2,1-3H3,(H,22,23). The Morgan fingerprint density at radius 2 is 2.04 bits per heavy atom. The van der Waals surface area contributed by atoms with Crippen LogP contribution in [0.4, 0.5) is 4.39 Å². The molecular formula is C19H24FN3O2. The quantitative estimate of drug-likeness (QED) is 0.896. The zero-order chi connectivity index (χ0) is 17.7. The zero-order valence-corrected chi connectivity index (χ0v) is 14.9. The number of hydrogen-bond donors (Lipinski definition) is 1. The molecule has 0 unspecified atom stereocenters. The lowest BCUT2D eigenvalue weighted by Gasteiger charge is -2.33. The van der Waals surface area contributed by atoms with E-state index in [1.165, 1.54) is 0 Å². The van der Waals surface area contributed by atoms with E-state index < -0.39 is 5.67 Å². The molecule has 0 atom stereocenters. The van der Waals surface area contributed by atoms with Gasteiger partial charge in [0.25, 0.3) is 0 Å². The second kappa shape index (κ2) is 5.80. The van der Waals surface area contributed by atoms with Crippen LogP contribution in [0.15, 0.2) is 18.3 Å². The van der Waals surface area contributed by atoms with Crippen molar-refractivity contribution in [2.24, 2.45) is 0 Å². The Morgan fingerprint density at radius 3 is 2.60 bits per heavy atom. The molecule has 1 aliphatic heterocycles. The highest BCUT2D eigenvalue weighted by atomic mass is 19.1. The molecule has 134 valence electrons. The van der Waals surface area contributed by atoms with Crippen LogP contribution in [0.5, 0.6) is 5.75 Å². The average Bonchev–Trinajstić information content (AvgIpc) is 3.25. The third-order valence-corrected chi connectivity index (χ3v) is 4.77. The van der Waals surface area contributed by atoms with Gasteiger partial charge in [0.1, 0.15) is 18.1 Å². The first kappa shape index (κ1) is 16.5. The van der Waals surface area contributed by atoms with Gasteiger partial charge < -0.3 is 9.47 Å². The van der Waals surface area contributed by atoms with Crippen LogP contribution in [0.25, 0.3) is 11.4 Å². The number of hydrogen-bond acceptors (Lipinski definition) is 4. The van der Waals surface area contributed by atoms with Crippen LogP contribution < -0.4 is 4.74 Å². The number of pyridine rings is 1. The van der Waals surface area contributed by atoms with Crippen LogP contribution in [-0.4, -0.2) is 40.7 Å². The van der Waals surface area contributed by atoms with E-state index in [-0.39, 0.29) is 25.2 Å². The first-order chi connectivity index (χ1) is 11.8. The maximum Gasteiger partial charge on any atom is 0.190 e. The Balaban J connectivity index is 1.60. The van der Waals surface area contributed by atoms with Crippen molar-refractivity contribution in [3.05, 3.63) is 29.6 Å². The van der Waals surface area contributed by atoms with E-state index in [9.17, 15) is 4.39 Å². The molecule has 3 heterocycles. The molecule has 2 aliphatic rings. The minimum absolute atomic E-state index is 0.0106. The van der Waals surface area contributed by atoms with Crippen LogP contribution >= 0.6 is 0 Å². The molecule has 0 amide bonds. The molecule has 2 fully saturated rings. The summed E-state index contributed by atoms with van der Waals surface area (Å²) in [5.41, 5.74) is 2.26. The Kier molecular flexibility index (Phi) is 3.83. The van der Waals surface area contributed by atoms with Gasteiger partial charge in [-0.1, -0.05) is 20.8 Å². The van der Waals surface area contributed by atoms with Gasteiger partial charge in [0.2, 0.25) is 0 Å². The van der Waals surface area contributed by atoms with Gasteiger partial charge in [0, 0.05) is 28.9 Å². The Morgan fingerprint density at radius 1 is 1.28 bits per heavy atom. The Labute approximate surface area is 147 Å². The summed E-state index contributed by atoms with van der Waals surface area (Å²) in [6.45, 7) is 6.62. The van der Waals surface area contributed by atoms with Gasteiger partial charge >= 0.3 is 0 Å². The monoisotopic (exact) mass is 345 g/mol. The number of ether oxygens (including phenoxy) is 2. The fourth-order valence-electron chi connectivity index (χ4n) is 2.86. The van der Waals surface area contributed by atoms with Crippen molar-refractivity contribution in [3.63, 3.8) is 0 Å². The van der Waals surface area contributed by atoms with Gasteiger partial charge in [-0.3, -0.25) is 10.1 Å². The third-order valence-electron chi connectivity index (χ3n) is 4.77. The molecule has 25 heavy (non-hydrogen) atoms. The number of alkyl halides is 1. The average molecular weight is 345 g/mol. The predicted molar refractivity (Wildman–Crippen MR) is 92.6 cm³/mol. The number of nitrogens with one attached hydrogen (secondary N) is 1. The molecule has 1 N–H and O–H groups in total. The number of H-pyrrole nitrogens is 1. The zero-order valence-electron chi connectivity index (χ0n) is 14.9. The van der Waals surface area contributed by atoms with E-state index in [1.807, 2.05) is 18.3 Å². The second-order valence-corrected chi connectivity index (χ2v) is 8.23. The van der Waals surface area contributed by atoms with Crippen LogP contribution in [0.2, 0.25) is 0 Å². The van der Waals surface area contributed by atoms with Crippen LogP contribution in [0.1, 0.15) is 50.8 Å². The highest BCUT2D eigenvalue weighted by Crippen LogP contribution is 2.45. The summed E-state index contributed by atoms with van der Waals surface area (Å²) >= 11 is 0. The number of aromatic amines is 1. The van der Waals surface area contributed by atoms with E-state index in [1.54, 1.807) is 0 Å². The van der Waals surface area contributed by atoms with Gasteiger partial charge in [-0.05, 0) is 24.8 Å². The van der Waals surface area contributed by atoms with Crippen molar-refractivity contribution in [1.82, 2.24) is 15.2 Å². The van der Waals surface area contributed by atoms with Crippen LogP contribution in [-0.2, 0) is 10.2 Å². The molecule has 2 aromatic heterocycles. The summed E-state index contributed by atoms with van der Waals surface area (Å²) < 4.78 is 25.0. The summed E-state index contributed by atoms with van der Waals surface area (Å²) in [6, 6.07) is 3.90. The molecule has 0 bridgehead atoms. The number of halogens is 1. The van der Waals surface area contributed by atoms with Crippen molar-refractivity contribution < 1.29 is 13.9 Å². The van der Waals surface area contributed by atoms with Crippen LogP contribution in [0.3, 0.4) is 0 Å². The second-order valence-electron chi connectivity index (χ2n) is 8.23. The molecule has 2 aromatic rings. The number of aromatic nitrogens is 3. The molecule has 6 heteroatoms. The molecule has 1 saturated carbocycles. The van der Waals surface area contributed by atoms with E-state index in [0.29, 0.717) is 5.92 Å². The highest BCUT2D eigenvalue weighted by molar-refractivity contribution is 5.58. The van der Waals surface area contributed by atoms with E-state index in [2.05, 4.69) is 36.0 Å². The first-order valence-electron chi connectivity index (χ1n) is 8.80. The maximum atomic E-state index is 14.2. The largest absolute Gasteiger partial charge is 0.490 e. The summed E-state index contributed by atoms with van der Waals surface area (Å²) in [6.07, 6.45) is 4.13. The molecule has 1 aliphatic carbocycles. The molecule has 0 spiro atoms. The highest BCUT2D eigenvalue weighted by Gasteiger charge is 2.40. The fraction of sp³-hybridized carbons (Fsp3) is 0.579. The Hall–Kier alpha value is -1.95. The van der Waals surface area contributed by atoms with Gasteiger partial charge in [0.05, 0.1) is 18.9 Å². The smallest absolute Gasteiger partial charge is 0.190 e. The fourth-order valence-corrected chi connectivity index (χ4v) is 2.86. The van der Waals surface area contributed by atoms with Gasteiger partial charge in [0.15, 0.2) is 5.67 Å². The van der Waals surface area contributed by atoms with Gasteiger partial charge in [-0.25, -0.2) is 4.39 Å². The first-order valence-corrected chi connectivity index (χ1v) is 8.80. The SMILES string of the molecule is CC(C)(C)c1cc(-c2cc(OCC3(F)COC3)c(C3CC3)cn2)n[nH]1. The van der Waals surface area contributed by atoms with E-state index in [4.69, 9.17) is 9.47 Å². The lowest BCUT2D eigenvalue weighted by atomic mass is 9.92. The normalized spacial score (nSPS) is 19.5. The predicted octanol–water partition coefficient (Wildman–Crippen LogP) is 3.76. The van der Waals surface area contributed by atoms with E-state index in [0.717, 1.165) is 41.2 Å². The van der Waals surface area contributed by atoms with Crippen molar-refractivity contribution in [3.8, 4) is 17.1 Å². The number of nitrogens with zero attached hydrogens (tertiary/aromatic N) is 2. The molecular weight excluding hydrogens is 321 g/mol. The van der Waals surface area contributed by atoms with Crippen molar-refractivity contribution in [1.29, 1.82) is 0 Å². The Bertz CT molecular complexity index is 773. The topological polar surface area (TPSA) is 60.0 Å². The minimum atomic E-state index is -1.37. The summed E-state index contributed by atoms with van der Waals surface area (Å²) in [4.78, 5) is 4.56. The summed E-state index contributed by atoms with van der Waals surface area (Å²) in [5, 5.41) is 7.46. The lowest BCUT2D eigenvalue weighted by Crippen LogP contribution is -2.50. The van der Waals surface area contributed by atoms with Crippen molar-refractivity contribution >= 4 is 0 Å². The van der Waals surface area contributed by atoms with Gasteiger partial charge in [-0.15, -0.1) is 0 Å². The van der Waals surface area contributed by atoms with Crippen molar-refractivity contribution in [2.75, 3.05) is 19.8 Å². The van der Waals surface area contributed by atoms with Crippen LogP contribution in [0, 0.1) is 0 Å². The molecule has 1 saturated heterocycles. The molecule has 0 radical (unpaired) electrons. The third kappa shape index (κ3) is 3.40. The molecule has 0 aromatic carbocycles. The van der Waals surface area contributed by atoms with E-state index >= 15 is 0 Å². The number of rotatable bonds is 5. The summed E-state index contributed by atoms with van der Waals surface area (Å²) in [7, 11) is 0. The summed E-state index contributed by atoms with van der Waals surface area (Å²) in [5.74, 6) is 1.20. The van der Waals surface area contributed by atoms with Gasteiger partial charge in [-0.2, -0.15) is 5.10 Å². The molecule has 5 nitrogen and oxygen atoms in total. The van der Waals surface area contributed by atoms with Crippen molar-refractivity contribution in [2.45, 2.75) is 50.6 Å². The lowest BCUT2D eigenvalue weighted by molar-refractivity contribution is -0.146. The minimum Gasteiger partial charge on any atom is -0.490 e. The molecule has 4 rings (SSSR count).